The quantitative estimate of drug-likeness (QED) is 0.752. The zero-order valence-corrected chi connectivity index (χ0v) is 19.2. The number of benzene rings is 1. The largest absolute Gasteiger partial charge is 0.360 e. The molecule has 0 saturated carbocycles. The normalized spacial score (nSPS) is 21.4. The predicted molar refractivity (Wildman–Crippen MR) is 123 cm³/mol. The number of nitrogens with one attached hydrogen (secondary N) is 1. The fraction of sp³-hybridized carbons (Fsp3) is 0.480. The summed E-state index contributed by atoms with van der Waals surface area (Å²) in [6.07, 6.45) is 3.66. The van der Waals surface area contributed by atoms with Crippen LogP contribution in [0.25, 0.3) is 0 Å². The van der Waals surface area contributed by atoms with E-state index in [0.29, 0.717) is 11.5 Å². The van der Waals surface area contributed by atoms with E-state index >= 15 is 0 Å². The number of Topliss-reactive ketones (excluding diaryl/α,β-unsaturated/α-hetero) is 1. The first kappa shape index (κ1) is 23.6. The summed E-state index contributed by atoms with van der Waals surface area (Å²) in [5.41, 5.74) is 2.91. The highest BCUT2D eigenvalue weighted by molar-refractivity contribution is 5.94. The molecule has 1 aromatic carbocycles. The van der Waals surface area contributed by atoms with Crippen LogP contribution in [0.5, 0.6) is 0 Å². The summed E-state index contributed by atoms with van der Waals surface area (Å²) in [7, 11) is 0. The van der Waals surface area contributed by atoms with Crippen LogP contribution in [0.15, 0.2) is 42.6 Å². The third kappa shape index (κ3) is 5.68. The molecule has 2 aliphatic rings. The van der Waals surface area contributed by atoms with Gasteiger partial charge in [-0.15, -0.1) is 0 Å². The van der Waals surface area contributed by atoms with Crippen LogP contribution < -0.4 is 5.32 Å². The zero-order valence-electron chi connectivity index (χ0n) is 19.2. The van der Waals surface area contributed by atoms with E-state index in [4.69, 9.17) is 0 Å². The molecule has 5 nitrogen and oxygen atoms in total. The Morgan fingerprint density at radius 3 is 2.37 bits per heavy atom. The Labute approximate surface area is 180 Å². The van der Waals surface area contributed by atoms with Gasteiger partial charge in [0.25, 0.3) is 5.91 Å². The van der Waals surface area contributed by atoms with Crippen LogP contribution >= 0.6 is 0 Å². The van der Waals surface area contributed by atoms with Gasteiger partial charge < -0.3 is 15.0 Å². The number of fused-ring (bicyclic) bond motifs is 1. The SMILES string of the molecule is CC.CC(C)=O.C[C@H]1CCN(C(=O)c2cnc3c(c2)C[C@](C)(c2ccccc2)N3)C1. The summed E-state index contributed by atoms with van der Waals surface area (Å²) in [6, 6.07) is 12.4. The maximum atomic E-state index is 12.7. The second kappa shape index (κ2) is 10.4. The van der Waals surface area contributed by atoms with Crippen molar-refractivity contribution in [2.75, 3.05) is 18.4 Å². The fourth-order valence-electron chi connectivity index (χ4n) is 3.84. The number of carbonyl (C=O) groups excluding carboxylic acids is 2. The number of amides is 1. The number of pyridine rings is 1. The lowest BCUT2D eigenvalue weighted by Crippen LogP contribution is -2.29. The van der Waals surface area contributed by atoms with E-state index in [9.17, 15) is 9.59 Å². The minimum absolute atomic E-state index is 0.114. The van der Waals surface area contributed by atoms with Crippen molar-refractivity contribution in [1.82, 2.24) is 9.88 Å². The molecule has 0 aliphatic carbocycles. The minimum Gasteiger partial charge on any atom is -0.360 e. The Bertz CT molecular complexity index is 862. The first-order valence-corrected chi connectivity index (χ1v) is 10.9. The predicted octanol–water partition coefficient (Wildman–Crippen LogP) is 5.07. The fourth-order valence-corrected chi connectivity index (χ4v) is 3.84. The van der Waals surface area contributed by atoms with Gasteiger partial charge in [-0.2, -0.15) is 0 Å². The van der Waals surface area contributed by atoms with Crippen LogP contribution in [0, 0.1) is 5.92 Å². The average molecular weight is 410 g/mol. The Kier molecular flexibility index (Phi) is 8.16. The van der Waals surface area contributed by atoms with Gasteiger partial charge in [0.2, 0.25) is 0 Å². The Morgan fingerprint density at radius 2 is 1.80 bits per heavy atom. The first-order valence-electron chi connectivity index (χ1n) is 10.9. The van der Waals surface area contributed by atoms with Gasteiger partial charge in [0, 0.05) is 25.7 Å². The molecule has 0 spiro atoms. The molecular weight excluding hydrogens is 374 g/mol. The van der Waals surface area contributed by atoms with Crippen LogP contribution in [0.2, 0.25) is 0 Å². The van der Waals surface area contributed by atoms with Crippen molar-refractivity contribution < 1.29 is 9.59 Å². The summed E-state index contributed by atoms with van der Waals surface area (Å²) in [6.45, 7) is 13.2. The van der Waals surface area contributed by atoms with Crippen molar-refractivity contribution in [3.63, 3.8) is 0 Å². The second-order valence-electron chi connectivity index (χ2n) is 8.28. The molecule has 1 aromatic heterocycles. The molecule has 1 amide bonds. The Morgan fingerprint density at radius 1 is 1.17 bits per heavy atom. The summed E-state index contributed by atoms with van der Waals surface area (Å²) < 4.78 is 0. The summed E-state index contributed by atoms with van der Waals surface area (Å²) in [5, 5.41) is 3.53. The highest BCUT2D eigenvalue weighted by Crippen LogP contribution is 2.38. The van der Waals surface area contributed by atoms with E-state index in [-0.39, 0.29) is 17.2 Å². The van der Waals surface area contributed by atoms with Crippen molar-refractivity contribution in [3.8, 4) is 0 Å². The lowest BCUT2D eigenvalue weighted by Gasteiger charge is -2.25. The monoisotopic (exact) mass is 409 g/mol. The first-order chi connectivity index (χ1) is 14.3. The van der Waals surface area contributed by atoms with Crippen LogP contribution in [-0.2, 0) is 16.8 Å². The highest BCUT2D eigenvalue weighted by atomic mass is 16.2. The third-order valence-electron chi connectivity index (χ3n) is 5.27. The van der Waals surface area contributed by atoms with Crippen molar-refractivity contribution in [2.24, 2.45) is 5.92 Å². The van der Waals surface area contributed by atoms with Crippen LogP contribution in [0.3, 0.4) is 0 Å². The number of carbonyl (C=O) groups is 2. The van der Waals surface area contributed by atoms with Crippen molar-refractivity contribution in [2.45, 2.75) is 59.9 Å². The van der Waals surface area contributed by atoms with Crippen LogP contribution in [-0.4, -0.2) is 34.7 Å². The maximum absolute atomic E-state index is 12.7. The molecule has 2 aromatic rings. The average Bonchev–Trinajstić information content (AvgIpc) is 3.32. The van der Waals surface area contributed by atoms with E-state index in [0.717, 1.165) is 37.3 Å². The van der Waals surface area contributed by atoms with Crippen LogP contribution in [0.4, 0.5) is 5.82 Å². The number of anilines is 1. The van der Waals surface area contributed by atoms with Gasteiger partial charge in [0.1, 0.15) is 11.6 Å². The molecule has 1 fully saturated rings. The highest BCUT2D eigenvalue weighted by Gasteiger charge is 2.35. The van der Waals surface area contributed by atoms with Crippen molar-refractivity contribution >= 4 is 17.5 Å². The molecule has 162 valence electrons. The van der Waals surface area contributed by atoms with Crippen LogP contribution in [0.1, 0.15) is 69.4 Å². The molecule has 5 heteroatoms. The number of rotatable bonds is 2. The molecule has 1 saturated heterocycles. The summed E-state index contributed by atoms with van der Waals surface area (Å²) >= 11 is 0. The third-order valence-corrected chi connectivity index (χ3v) is 5.27. The molecular formula is C25H35N3O2. The molecule has 3 heterocycles. The standard InChI is InChI=1S/C20H23N3O.C3H6O.C2H6/c1-14-8-9-23(13-14)19(24)16-10-15-11-20(2,22-18(15)21-12-16)17-6-4-3-5-7-17;1-3(2)4;1-2/h3-7,10,12,14H,8-9,11,13H2,1-2H3,(H,21,22);1-2H3;1-2H3/t14-,20+;;/m0../s1. The smallest absolute Gasteiger partial charge is 0.255 e. The lowest BCUT2D eigenvalue weighted by molar-refractivity contribution is -0.115. The van der Waals surface area contributed by atoms with Crippen molar-refractivity contribution in [3.05, 3.63) is 59.3 Å². The summed E-state index contributed by atoms with van der Waals surface area (Å²) in [5.74, 6) is 1.77. The van der Waals surface area contributed by atoms with Gasteiger partial charge in [0.05, 0.1) is 11.1 Å². The van der Waals surface area contributed by atoms with E-state index in [1.165, 1.54) is 19.4 Å². The van der Waals surface area contributed by atoms with Gasteiger partial charge in [-0.05, 0) is 50.3 Å². The van der Waals surface area contributed by atoms with E-state index < -0.39 is 0 Å². The molecule has 0 bridgehead atoms. The molecule has 30 heavy (non-hydrogen) atoms. The number of hydrogen-bond acceptors (Lipinski definition) is 4. The molecule has 4 rings (SSSR count). The number of hydrogen-bond donors (Lipinski definition) is 1. The maximum Gasteiger partial charge on any atom is 0.255 e. The molecule has 1 N–H and O–H groups in total. The Balaban J connectivity index is 0.000000481. The number of nitrogens with zero attached hydrogens (tertiary/aromatic N) is 2. The number of aromatic nitrogens is 1. The zero-order chi connectivity index (χ0) is 22.3. The lowest BCUT2D eigenvalue weighted by atomic mass is 9.89. The van der Waals surface area contributed by atoms with Crippen molar-refractivity contribution in [1.29, 1.82) is 0 Å². The Hall–Kier alpha value is -2.69. The molecule has 2 atom stereocenters. The van der Waals surface area contributed by atoms with Gasteiger partial charge in [-0.3, -0.25) is 4.79 Å². The molecule has 0 unspecified atom stereocenters. The van der Waals surface area contributed by atoms with Gasteiger partial charge in [0.15, 0.2) is 0 Å². The second-order valence-corrected chi connectivity index (χ2v) is 8.28. The van der Waals surface area contributed by atoms with E-state index in [1.807, 2.05) is 30.9 Å². The molecule has 2 aliphatic heterocycles. The number of likely N-dealkylation sites (tertiary alicyclic amines) is 1. The van der Waals surface area contributed by atoms with Gasteiger partial charge >= 0.3 is 0 Å². The minimum atomic E-state index is -0.166. The summed E-state index contributed by atoms with van der Waals surface area (Å²) in [4.78, 5) is 28.6. The topological polar surface area (TPSA) is 62.3 Å². The number of ketones is 1. The van der Waals surface area contributed by atoms with Gasteiger partial charge in [-0.25, -0.2) is 4.98 Å². The van der Waals surface area contributed by atoms with Gasteiger partial charge in [-0.1, -0.05) is 51.1 Å². The molecule has 0 radical (unpaired) electrons. The van der Waals surface area contributed by atoms with E-state index in [2.05, 4.69) is 48.4 Å². The van der Waals surface area contributed by atoms with E-state index in [1.54, 1.807) is 6.20 Å².